The molecule has 0 spiro atoms. The lowest BCUT2D eigenvalue weighted by atomic mass is 10.0. The largest absolute Gasteiger partial charge is 0.378 e. The molecular weight excluding hydrogens is 524 g/mol. The van der Waals surface area contributed by atoms with Gasteiger partial charge in [0.15, 0.2) is 0 Å². The van der Waals surface area contributed by atoms with Crippen molar-refractivity contribution in [3.8, 4) is 0 Å². The minimum absolute atomic E-state index is 0.0113. The first-order valence-corrected chi connectivity index (χ1v) is 13.5. The molecule has 1 aliphatic heterocycles. The summed E-state index contributed by atoms with van der Waals surface area (Å²) < 4.78 is 34.7. The Labute approximate surface area is 238 Å². The van der Waals surface area contributed by atoms with Crippen LogP contribution in [-0.2, 0) is 27.3 Å². The summed E-state index contributed by atoms with van der Waals surface area (Å²) in [5.74, 6) is -1.97. The van der Waals surface area contributed by atoms with Gasteiger partial charge in [-0.2, -0.15) is 0 Å². The average molecular weight is 556 g/mol. The zero-order valence-corrected chi connectivity index (χ0v) is 22.5. The van der Waals surface area contributed by atoms with Gasteiger partial charge in [0.1, 0.15) is 17.7 Å². The Kier molecular flexibility index (Phi) is 9.01. The molecule has 210 valence electrons. The molecule has 1 unspecified atom stereocenters. The van der Waals surface area contributed by atoms with Crippen molar-refractivity contribution >= 4 is 23.2 Å². The highest BCUT2D eigenvalue weighted by atomic mass is 19.1. The molecule has 6 nitrogen and oxygen atoms in total. The molecule has 0 saturated carbocycles. The van der Waals surface area contributed by atoms with Crippen LogP contribution in [0.25, 0.3) is 0 Å². The number of hydrogen-bond donors (Lipinski definition) is 1. The van der Waals surface area contributed by atoms with Gasteiger partial charge >= 0.3 is 0 Å². The van der Waals surface area contributed by atoms with Crippen LogP contribution in [0.15, 0.2) is 103 Å². The number of hydrogen-bond acceptors (Lipinski definition) is 4. The van der Waals surface area contributed by atoms with E-state index in [-0.39, 0.29) is 24.1 Å². The lowest BCUT2D eigenvalue weighted by molar-refractivity contribution is -0.139. The molecule has 4 aromatic rings. The van der Waals surface area contributed by atoms with Gasteiger partial charge in [0.05, 0.1) is 19.6 Å². The van der Waals surface area contributed by atoms with Crippen molar-refractivity contribution in [1.82, 2.24) is 4.90 Å². The third-order valence-electron chi connectivity index (χ3n) is 7.05. The van der Waals surface area contributed by atoms with Crippen molar-refractivity contribution in [3.63, 3.8) is 0 Å². The first-order valence-electron chi connectivity index (χ1n) is 13.5. The van der Waals surface area contributed by atoms with Gasteiger partial charge in [-0.1, -0.05) is 60.7 Å². The molecule has 5 rings (SSSR count). The van der Waals surface area contributed by atoms with Crippen LogP contribution in [0.1, 0.15) is 22.7 Å². The van der Waals surface area contributed by atoms with Crippen LogP contribution in [0.3, 0.4) is 0 Å². The second-order valence-corrected chi connectivity index (χ2v) is 9.87. The molecule has 0 aromatic heterocycles. The number of amides is 2. The Balaban J connectivity index is 1.47. The number of morpholine rings is 1. The fourth-order valence-corrected chi connectivity index (χ4v) is 4.94. The van der Waals surface area contributed by atoms with E-state index in [1.165, 1.54) is 29.2 Å². The molecule has 4 aromatic carbocycles. The summed E-state index contributed by atoms with van der Waals surface area (Å²) in [5.41, 5.74) is 2.80. The molecule has 1 aliphatic rings. The first kappa shape index (κ1) is 28.0. The van der Waals surface area contributed by atoms with Gasteiger partial charge < -0.3 is 19.9 Å². The third-order valence-corrected chi connectivity index (χ3v) is 7.05. The molecule has 0 radical (unpaired) electrons. The van der Waals surface area contributed by atoms with E-state index in [9.17, 15) is 18.4 Å². The van der Waals surface area contributed by atoms with Crippen molar-refractivity contribution in [3.05, 3.63) is 131 Å². The minimum Gasteiger partial charge on any atom is -0.378 e. The van der Waals surface area contributed by atoms with Crippen molar-refractivity contribution in [2.24, 2.45) is 0 Å². The number of carbonyl (C=O) groups is 2. The topological polar surface area (TPSA) is 61.9 Å². The summed E-state index contributed by atoms with van der Waals surface area (Å²) in [6.07, 6.45) is -0.0113. The molecule has 1 heterocycles. The fraction of sp³-hybridized carbons (Fsp3) is 0.212. The van der Waals surface area contributed by atoms with Crippen LogP contribution >= 0.6 is 0 Å². The summed E-state index contributed by atoms with van der Waals surface area (Å²) in [5, 5.41) is 2.90. The molecular formula is C33H31F2N3O3. The molecule has 0 bridgehead atoms. The maximum Gasteiger partial charge on any atom is 0.251 e. The maximum absolute atomic E-state index is 14.8. The van der Waals surface area contributed by atoms with Gasteiger partial charge in [0, 0.05) is 36.6 Å². The summed E-state index contributed by atoms with van der Waals surface area (Å²) in [6, 6.07) is 27.0. The van der Waals surface area contributed by atoms with Crippen LogP contribution < -0.4 is 10.2 Å². The van der Waals surface area contributed by atoms with Gasteiger partial charge in [-0.15, -0.1) is 0 Å². The SMILES string of the molecule is O=C(Nc1ccc(N2CCOCC2)cc1)C(c1cccc(F)c1)N(Cc1ccccc1F)C(=O)Cc1ccccc1. The molecule has 1 fully saturated rings. The first-order chi connectivity index (χ1) is 20.0. The number of halogens is 2. The Hall–Kier alpha value is -4.56. The van der Waals surface area contributed by atoms with Gasteiger partial charge in [-0.05, 0) is 53.6 Å². The van der Waals surface area contributed by atoms with Crippen LogP contribution in [-0.4, -0.2) is 43.0 Å². The van der Waals surface area contributed by atoms with Gasteiger partial charge in [0.2, 0.25) is 5.91 Å². The number of anilines is 2. The van der Waals surface area contributed by atoms with Crippen molar-refractivity contribution in [2.75, 3.05) is 36.5 Å². The van der Waals surface area contributed by atoms with Crippen LogP contribution in [0.5, 0.6) is 0 Å². The predicted octanol–water partition coefficient (Wildman–Crippen LogP) is 5.75. The molecule has 1 N–H and O–H groups in total. The monoisotopic (exact) mass is 555 g/mol. The van der Waals surface area contributed by atoms with Crippen molar-refractivity contribution in [1.29, 1.82) is 0 Å². The highest BCUT2D eigenvalue weighted by Gasteiger charge is 2.32. The Morgan fingerprint density at radius 1 is 0.854 bits per heavy atom. The van der Waals surface area contributed by atoms with Gasteiger partial charge in [-0.25, -0.2) is 8.78 Å². The number of rotatable bonds is 9. The van der Waals surface area contributed by atoms with Gasteiger partial charge in [0.25, 0.3) is 5.91 Å². The van der Waals surface area contributed by atoms with Crippen molar-refractivity contribution in [2.45, 2.75) is 19.0 Å². The standard InChI is InChI=1S/C33H31F2N3O3/c34-27-11-6-10-25(22-27)32(33(40)36-28-13-15-29(16-14-28)37-17-19-41-20-18-37)38(23-26-9-4-5-12-30(26)35)31(39)21-24-7-2-1-3-8-24/h1-16,22,32H,17-21,23H2,(H,36,40). The zero-order chi connectivity index (χ0) is 28.6. The normalized spacial score (nSPS) is 13.9. The van der Waals surface area contributed by atoms with E-state index < -0.39 is 29.5 Å². The smallest absolute Gasteiger partial charge is 0.251 e. The van der Waals surface area contributed by atoms with Gasteiger partial charge in [-0.3, -0.25) is 9.59 Å². The molecule has 1 saturated heterocycles. The van der Waals surface area contributed by atoms with Crippen molar-refractivity contribution < 1.29 is 23.1 Å². The molecule has 8 heteroatoms. The Morgan fingerprint density at radius 2 is 1.56 bits per heavy atom. The predicted molar refractivity (Wildman–Crippen MR) is 154 cm³/mol. The number of nitrogens with zero attached hydrogens (tertiary/aromatic N) is 2. The van der Waals surface area contributed by atoms with Crippen LogP contribution in [0.2, 0.25) is 0 Å². The van der Waals surface area contributed by atoms with E-state index in [0.717, 1.165) is 24.3 Å². The maximum atomic E-state index is 14.8. The summed E-state index contributed by atoms with van der Waals surface area (Å²) in [7, 11) is 0. The zero-order valence-electron chi connectivity index (χ0n) is 22.5. The Bertz CT molecular complexity index is 1470. The third kappa shape index (κ3) is 7.15. The number of ether oxygens (including phenoxy) is 1. The quantitative estimate of drug-likeness (QED) is 0.286. The molecule has 2 amide bonds. The number of nitrogens with one attached hydrogen (secondary N) is 1. The van der Waals surface area contributed by atoms with Crippen LogP contribution in [0, 0.1) is 11.6 Å². The average Bonchev–Trinajstić information content (AvgIpc) is 2.99. The number of benzene rings is 4. The second kappa shape index (κ2) is 13.2. The van der Waals surface area contributed by atoms with E-state index in [1.807, 2.05) is 42.5 Å². The van der Waals surface area contributed by atoms with E-state index >= 15 is 0 Å². The lowest BCUT2D eigenvalue weighted by Crippen LogP contribution is -2.42. The summed E-state index contributed by atoms with van der Waals surface area (Å²) >= 11 is 0. The highest BCUT2D eigenvalue weighted by Crippen LogP contribution is 2.28. The van der Waals surface area contributed by atoms with E-state index in [1.54, 1.807) is 36.4 Å². The molecule has 1 atom stereocenters. The summed E-state index contributed by atoms with van der Waals surface area (Å²) in [4.78, 5) is 31.3. The Morgan fingerprint density at radius 3 is 2.27 bits per heavy atom. The van der Waals surface area contributed by atoms with E-state index in [4.69, 9.17) is 4.74 Å². The van der Waals surface area contributed by atoms with E-state index in [0.29, 0.717) is 18.9 Å². The minimum atomic E-state index is -1.22. The lowest BCUT2D eigenvalue weighted by Gasteiger charge is -2.32. The fourth-order valence-electron chi connectivity index (χ4n) is 4.94. The number of carbonyl (C=O) groups excluding carboxylic acids is 2. The van der Waals surface area contributed by atoms with E-state index in [2.05, 4.69) is 10.2 Å². The molecule has 0 aliphatic carbocycles. The van der Waals surface area contributed by atoms with Crippen LogP contribution in [0.4, 0.5) is 20.2 Å². The molecule has 41 heavy (non-hydrogen) atoms. The second-order valence-electron chi connectivity index (χ2n) is 9.87. The highest BCUT2D eigenvalue weighted by molar-refractivity contribution is 5.98. The summed E-state index contributed by atoms with van der Waals surface area (Å²) in [6.45, 7) is 2.69.